The minimum atomic E-state index is -0.0750. The molecule has 0 spiro atoms. The molecule has 2 aromatic rings. The van der Waals surface area contributed by atoms with Gasteiger partial charge >= 0.3 is 0 Å². The molecule has 4 rings (SSSR count). The van der Waals surface area contributed by atoms with E-state index in [0.29, 0.717) is 20.9 Å². The lowest BCUT2D eigenvalue weighted by atomic mass is 9.80. The summed E-state index contributed by atoms with van der Waals surface area (Å²) in [6, 6.07) is 5.44. The molecule has 1 aromatic heterocycles. The second-order valence-corrected chi connectivity index (χ2v) is 9.96. The SMILES string of the molecule is Cc1nc(N2CCC([C@H]3CCCNC3)CC2)nc(NC(C)c2ccc(Cl)cc2Cl)c1Cl. The van der Waals surface area contributed by atoms with Crippen molar-refractivity contribution in [2.45, 2.75) is 45.6 Å². The molecule has 8 heteroatoms. The molecular weight excluding hydrogens is 453 g/mol. The van der Waals surface area contributed by atoms with Crippen molar-refractivity contribution in [2.75, 3.05) is 36.4 Å². The second kappa shape index (κ2) is 10.1. The van der Waals surface area contributed by atoms with Crippen LogP contribution in [0.15, 0.2) is 18.2 Å². The van der Waals surface area contributed by atoms with Crippen LogP contribution in [0.3, 0.4) is 0 Å². The van der Waals surface area contributed by atoms with Gasteiger partial charge in [0.2, 0.25) is 5.95 Å². The summed E-state index contributed by atoms with van der Waals surface area (Å²) in [6.45, 7) is 8.27. The number of aromatic nitrogens is 2. The quantitative estimate of drug-likeness (QED) is 0.536. The van der Waals surface area contributed by atoms with Crippen molar-refractivity contribution in [1.29, 1.82) is 0 Å². The van der Waals surface area contributed by atoms with Crippen LogP contribution in [0.2, 0.25) is 15.1 Å². The van der Waals surface area contributed by atoms with E-state index in [1.165, 1.54) is 38.8 Å². The molecule has 3 heterocycles. The van der Waals surface area contributed by atoms with Gasteiger partial charge in [-0.05, 0) is 82.2 Å². The maximum Gasteiger partial charge on any atom is 0.227 e. The Hall–Kier alpha value is -1.27. The summed E-state index contributed by atoms with van der Waals surface area (Å²) >= 11 is 19.0. The summed E-state index contributed by atoms with van der Waals surface area (Å²) < 4.78 is 0. The molecule has 2 saturated heterocycles. The van der Waals surface area contributed by atoms with Gasteiger partial charge < -0.3 is 15.5 Å². The van der Waals surface area contributed by atoms with Crippen molar-refractivity contribution in [3.8, 4) is 0 Å². The predicted octanol–water partition coefficient (Wildman–Crippen LogP) is 6.13. The average molecular weight is 483 g/mol. The van der Waals surface area contributed by atoms with Crippen molar-refractivity contribution in [3.63, 3.8) is 0 Å². The van der Waals surface area contributed by atoms with Gasteiger partial charge in [0.05, 0.1) is 11.7 Å². The number of piperidine rings is 2. The summed E-state index contributed by atoms with van der Waals surface area (Å²) in [4.78, 5) is 11.8. The molecule has 2 aliphatic rings. The molecule has 2 atom stereocenters. The molecule has 31 heavy (non-hydrogen) atoms. The van der Waals surface area contributed by atoms with Gasteiger partial charge in [0.1, 0.15) is 5.02 Å². The van der Waals surface area contributed by atoms with Crippen LogP contribution in [0.4, 0.5) is 11.8 Å². The number of nitrogens with zero attached hydrogens (tertiary/aromatic N) is 3. The Kier molecular flexibility index (Phi) is 7.48. The fourth-order valence-corrected chi connectivity index (χ4v) is 5.48. The molecular formula is C23H30Cl3N5. The fraction of sp³-hybridized carbons (Fsp3) is 0.565. The third kappa shape index (κ3) is 5.39. The molecule has 168 valence electrons. The van der Waals surface area contributed by atoms with Crippen LogP contribution in [-0.2, 0) is 0 Å². The molecule has 5 nitrogen and oxygen atoms in total. The zero-order valence-corrected chi connectivity index (χ0v) is 20.4. The molecule has 0 aliphatic carbocycles. The van der Waals surface area contributed by atoms with Crippen molar-refractivity contribution in [1.82, 2.24) is 15.3 Å². The Morgan fingerprint density at radius 3 is 2.55 bits per heavy atom. The molecule has 2 N–H and O–H groups in total. The molecule has 1 aromatic carbocycles. The first-order chi connectivity index (χ1) is 14.9. The van der Waals surface area contributed by atoms with Gasteiger partial charge in [-0.3, -0.25) is 0 Å². The summed E-state index contributed by atoms with van der Waals surface area (Å²) in [7, 11) is 0. The summed E-state index contributed by atoms with van der Waals surface area (Å²) in [6.07, 6.45) is 5.04. The van der Waals surface area contributed by atoms with Gasteiger partial charge in [-0.15, -0.1) is 0 Å². The zero-order valence-electron chi connectivity index (χ0n) is 18.1. The molecule has 2 aliphatic heterocycles. The highest BCUT2D eigenvalue weighted by Crippen LogP contribution is 2.34. The van der Waals surface area contributed by atoms with Gasteiger partial charge in [-0.1, -0.05) is 40.9 Å². The van der Waals surface area contributed by atoms with Gasteiger partial charge in [0, 0.05) is 23.1 Å². The zero-order chi connectivity index (χ0) is 22.0. The molecule has 1 unspecified atom stereocenters. The molecule has 0 radical (unpaired) electrons. The Balaban J connectivity index is 1.46. The maximum atomic E-state index is 6.56. The minimum absolute atomic E-state index is 0.0750. The van der Waals surface area contributed by atoms with Gasteiger partial charge in [0.15, 0.2) is 5.82 Å². The van der Waals surface area contributed by atoms with Crippen LogP contribution in [-0.4, -0.2) is 36.1 Å². The van der Waals surface area contributed by atoms with Gasteiger partial charge in [-0.2, -0.15) is 4.98 Å². The lowest BCUT2D eigenvalue weighted by molar-refractivity contribution is 0.226. The highest BCUT2D eigenvalue weighted by Gasteiger charge is 2.29. The van der Waals surface area contributed by atoms with E-state index in [-0.39, 0.29) is 6.04 Å². The number of hydrogen-bond acceptors (Lipinski definition) is 5. The standard InChI is InChI=1S/C23H30Cl3N5/c1-14(19-6-5-18(24)12-20(19)25)28-22-21(26)15(2)29-23(30-22)31-10-7-16(8-11-31)17-4-3-9-27-13-17/h5-6,12,14,16-17,27H,3-4,7-11,13H2,1-2H3,(H,28,29,30)/t14?,17-/m0/s1. The van der Waals surface area contributed by atoms with Crippen molar-refractivity contribution >= 4 is 46.6 Å². The van der Waals surface area contributed by atoms with Crippen LogP contribution in [0.1, 0.15) is 49.9 Å². The average Bonchev–Trinajstić information content (AvgIpc) is 2.77. The number of benzene rings is 1. The Bertz CT molecular complexity index is 908. The lowest BCUT2D eigenvalue weighted by Gasteiger charge is -2.38. The van der Waals surface area contributed by atoms with E-state index in [0.717, 1.165) is 42.1 Å². The number of anilines is 2. The highest BCUT2D eigenvalue weighted by atomic mass is 35.5. The largest absolute Gasteiger partial charge is 0.362 e. The van der Waals surface area contributed by atoms with E-state index in [1.54, 1.807) is 6.07 Å². The van der Waals surface area contributed by atoms with Crippen LogP contribution in [0, 0.1) is 18.8 Å². The normalized spacial score (nSPS) is 21.2. The van der Waals surface area contributed by atoms with Gasteiger partial charge in [-0.25, -0.2) is 4.98 Å². The first-order valence-corrected chi connectivity index (χ1v) is 12.3. The molecule has 0 saturated carbocycles. The topological polar surface area (TPSA) is 53.1 Å². The monoisotopic (exact) mass is 481 g/mol. The van der Waals surface area contributed by atoms with E-state index < -0.39 is 0 Å². The Labute approximate surface area is 199 Å². The highest BCUT2D eigenvalue weighted by molar-refractivity contribution is 6.35. The predicted molar refractivity (Wildman–Crippen MR) is 131 cm³/mol. The lowest BCUT2D eigenvalue weighted by Crippen LogP contribution is -2.41. The van der Waals surface area contributed by atoms with E-state index in [1.807, 2.05) is 26.0 Å². The van der Waals surface area contributed by atoms with Crippen LogP contribution >= 0.6 is 34.8 Å². The van der Waals surface area contributed by atoms with Crippen LogP contribution < -0.4 is 15.5 Å². The summed E-state index contributed by atoms with van der Waals surface area (Å²) in [5.41, 5.74) is 1.73. The van der Waals surface area contributed by atoms with Crippen LogP contribution in [0.25, 0.3) is 0 Å². The first kappa shape index (κ1) is 22.9. The van der Waals surface area contributed by atoms with Crippen molar-refractivity contribution in [2.24, 2.45) is 11.8 Å². The van der Waals surface area contributed by atoms with E-state index in [2.05, 4.69) is 15.5 Å². The smallest absolute Gasteiger partial charge is 0.227 e. The van der Waals surface area contributed by atoms with E-state index in [9.17, 15) is 0 Å². The Morgan fingerprint density at radius 2 is 1.87 bits per heavy atom. The maximum absolute atomic E-state index is 6.56. The third-order valence-corrected chi connectivity index (χ3v) is 7.63. The minimum Gasteiger partial charge on any atom is -0.362 e. The fourth-order valence-electron chi connectivity index (χ4n) is 4.77. The molecule has 0 bridgehead atoms. The van der Waals surface area contributed by atoms with Crippen molar-refractivity contribution < 1.29 is 0 Å². The molecule has 2 fully saturated rings. The van der Waals surface area contributed by atoms with Crippen molar-refractivity contribution in [3.05, 3.63) is 44.5 Å². The van der Waals surface area contributed by atoms with Crippen LogP contribution in [0.5, 0.6) is 0 Å². The number of rotatable bonds is 5. The summed E-state index contributed by atoms with van der Waals surface area (Å²) in [5, 5.41) is 8.76. The molecule has 0 amide bonds. The number of hydrogen-bond donors (Lipinski definition) is 2. The van der Waals surface area contributed by atoms with E-state index in [4.69, 9.17) is 44.8 Å². The second-order valence-electron chi connectivity index (χ2n) is 8.73. The van der Waals surface area contributed by atoms with E-state index >= 15 is 0 Å². The Morgan fingerprint density at radius 1 is 1.10 bits per heavy atom. The first-order valence-electron chi connectivity index (χ1n) is 11.1. The third-order valence-electron chi connectivity index (χ3n) is 6.61. The number of halogens is 3. The number of nitrogens with one attached hydrogen (secondary N) is 2. The summed E-state index contributed by atoms with van der Waals surface area (Å²) in [5.74, 6) is 2.99. The van der Waals surface area contributed by atoms with Gasteiger partial charge in [0.25, 0.3) is 0 Å². The number of aryl methyl sites for hydroxylation is 1.